The van der Waals surface area contributed by atoms with Crippen molar-refractivity contribution >= 4 is 59.9 Å². The molecule has 0 aliphatic carbocycles. The second-order valence-corrected chi connectivity index (χ2v) is 11.3. The lowest BCUT2D eigenvalue weighted by molar-refractivity contribution is -0.384. The maximum absolute atomic E-state index is 13.2. The van der Waals surface area contributed by atoms with Crippen molar-refractivity contribution in [3.8, 4) is 0 Å². The molecule has 1 heterocycles. The molecule has 14 nitrogen and oxygen atoms in total. The Labute approximate surface area is 226 Å². The van der Waals surface area contributed by atoms with Crippen LogP contribution in [0.15, 0.2) is 70.5 Å². The van der Waals surface area contributed by atoms with Gasteiger partial charge in [0.2, 0.25) is 0 Å². The fourth-order valence-corrected chi connectivity index (χ4v) is 5.65. The molecular formula is C24H20N4O10S2. The minimum atomic E-state index is -5.02. The van der Waals surface area contributed by atoms with E-state index >= 15 is 0 Å². The molecule has 0 unspecified atom stereocenters. The van der Waals surface area contributed by atoms with Gasteiger partial charge in [-0.3, -0.25) is 28.8 Å². The first-order chi connectivity index (χ1) is 18.6. The number of benzene rings is 3. The van der Waals surface area contributed by atoms with Gasteiger partial charge in [-0.2, -0.15) is 16.8 Å². The number of rotatable bonds is 7. The maximum atomic E-state index is 13.2. The SMILES string of the molecule is Cc1c(NC(=O)c2cccc([N+](=O)[O-])c2)cc(C(=O)Nc2ccc3c(S(=O)(=O)O)cccc3c2S(=O)(=O)O)n1C. The van der Waals surface area contributed by atoms with Gasteiger partial charge in [-0.15, -0.1) is 0 Å². The van der Waals surface area contributed by atoms with Crippen LogP contribution in [0.25, 0.3) is 10.8 Å². The highest BCUT2D eigenvalue weighted by Gasteiger charge is 2.26. The number of amides is 2. The first-order valence-corrected chi connectivity index (χ1v) is 14.0. The lowest BCUT2D eigenvalue weighted by Crippen LogP contribution is -2.18. The number of nitro benzene ring substituents is 1. The van der Waals surface area contributed by atoms with Crippen LogP contribution in [0.1, 0.15) is 26.5 Å². The van der Waals surface area contributed by atoms with Crippen LogP contribution in [0.5, 0.6) is 0 Å². The van der Waals surface area contributed by atoms with Crippen LogP contribution in [0.2, 0.25) is 0 Å². The highest BCUT2D eigenvalue weighted by atomic mass is 32.2. The van der Waals surface area contributed by atoms with Crippen LogP contribution in [0.3, 0.4) is 0 Å². The lowest BCUT2D eigenvalue weighted by atomic mass is 10.1. The van der Waals surface area contributed by atoms with Gasteiger partial charge < -0.3 is 15.2 Å². The molecule has 0 fully saturated rings. The molecule has 208 valence electrons. The summed E-state index contributed by atoms with van der Waals surface area (Å²) in [4.78, 5) is 34.9. The number of fused-ring (bicyclic) bond motifs is 1. The standard InChI is InChI=1S/C24H20N4O10S2/c1-13-19(26-23(29)14-5-3-6-15(11-14)28(31)32)12-20(27(13)2)24(30)25-18-10-9-16-17(22(18)40(36,37)38)7-4-8-21(16)39(33,34)35/h3-12H,1-2H3,(H,25,30)(H,26,29)(H,33,34,35)(H,36,37,38). The molecule has 0 radical (unpaired) electrons. The molecule has 16 heteroatoms. The van der Waals surface area contributed by atoms with Crippen molar-refractivity contribution in [3.63, 3.8) is 0 Å². The van der Waals surface area contributed by atoms with Crippen molar-refractivity contribution in [3.05, 3.63) is 87.7 Å². The molecule has 0 saturated heterocycles. The number of hydrogen-bond acceptors (Lipinski definition) is 8. The van der Waals surface area contributed by atoms with Crippen LogP contribution in [-0.4, -0.2) is 47.2 Å². The van der Waals surface area contributed by atoms with Gasteiger partial charge in [-0.1, -0.05) is 24.3 Å². The number of nitrogens with zero attached hydrogens (tertiary/aromatic N) is 2. The molecule has 0 bridgehead atoms. The van der Waals surface area contributed by atoms with Crippen molar-refractivity contribution in [2.24, 2.45) is 7.05 Å². The van der Waals surface area contributed by atoms with Crippen LogP contribution >= 0.6 is 0 Å². The van der Waals surface area contributed by atoms with Crippen molar-refractivity contribution in [1.82, 2.24) is 4.57 Å². The monoisotopic (exact) mass is 588 g/mol. The summed E-state index contributed by atoms with van der Waals surface area (Å²) in [7, 11) is -8.28. The molecule has 40 heavy (non-hydrogen) atoms. The van der Waals surface area contributed by atoms with Gasteiger partial charge in [-0.05, 0) is 31.2 Å². The highest BCUT2D eigenvalue weighted by molar-refractivity contribution is 7.86. The number of carbonyl (C=O) groups excluding carboxylic acids is 2. The number of carbonyl (C=O) groups is 2. The molecule has 0 aliphatic rings. The van der Waals surface area contributed by atoms with Crippen molar-refractivity contribution in [2.75, 3.05) is 10.6 Å². The first-order valence-electron chi connectivity index (χ1n) is 11.1. The molecule has 4 rings (SSSR count). The molecule has 4 aromatic rings. The predicted molar refractivity (Wildman–Crippen MR) is 143 cm³/mol. The minimum absolute atomic E-state index is 0.00155. The molecule has 2 amide bonds. The van der Waals surface area contributed by atoms with Gasteiger partial charge in [0.1, 0.15) is 15.5 Å². The maximum Gasteiger partial charge on any atom is 0.297 e. The quantitative estimate of drug-likeness (QED) is 0.140. The average molecular weight is 589 g/mol. The van der Waals surface area contributed by atoms with Crippen LogP contribution in [0.4, 0.5) is 17.1 Å². The minimum Gasteiger partial charge on any atom is -0.342 e. The molecular weight excluding hydrogens is 568 g/mol. The van der Waals surface area contributed by atoms with E-state index in [4.69, 9.17) is 0 Å². The van der Waals surface area contributed by atoms with E-state index in [1.807, 2.05) is 0 Å². The van der Waals surface area contributed by atoms with Gasteiger partial charge in [0.15, 0.2) is 0 Å². The number of nitro groups is 1. The summed E-state index contributed by atoms with van der Waals surface area (Å²) in [5.74, 6) is -1.53. The Kier molecular flexibility index (Phi) is 7.20. The van der Waals surface area contributed by atoms with Gasteiger partial charge in [0.25, 0.3) is 37.7 Å². The zero-order valence-corrected chi connectivity index (χ0v) is 22.3. The summed E-state index contributed by atoms with van der Waals surface area (Å²) in [5.41, 5.74) is -0.105. The number of hydrogen-bond donors (Lipinski definition) is 4. The summed E-state index contributed by atoms with van der Waals surface area (Å²) < 4.78 is 68.9. The van der Waals surface area contributed by atoms with E-state index < -0.39 is 46.8 Å². The summed E-state index contributed by atoms with van der Waals surface area (Å²) in [6, 6.07) is 11.9. The van der Waals surface area contributed by atoms with E-state index in [9.17, 15) is 45.6 Å². The molecule has 0 atom stereocenters. The van der Waals surface area contributed by atoms with Crippen molar-refractivity contribution < 1.29 is 40.5 Å². The van der Waals surface area contributed by atoms with E-state index in [1.165, 1.54) is 41.9 Å². The number of anilines is 2. The predicted octanol–water partition coefficient (Wildman–Crippen LogP) is 3.39. The van der Waals surface area contributed by atoms with Crippen LogP contribution in [-0.2, 0) is 27.3 Å². The molecule has 0 spiro atoms. The molecule has 0 saturated carbocycles. The highest BCUT2D eigenvalue weighted by Crippen LogP contribution is 2.34. The Morgan fingerprint density at radius 1 is 0.850 bits per heavy atom. The summed E-state index contributed by atoms with van der Waals surface area (Å²) >= 11 is 0. The second-order valence-electron chi connectivity index (χ2n) is 8.55. The molecule has 1 aromatic heterocycles. The third-order valence-corrected chi connectivity index (χ3v) is 7.96. The summed E-state index contributed by atoms with van der Waals surface area (Å²) in [5, 5.41) is 15.5. The van der Waals surface area contributed by atoms with Crippen molar-refractivity contribution in [1.29, 1.82) is 0 Å². The van der Waals surface area contributed by atoms with E-state index in [2.05, 4.69) is 10.6 Å². The van der Waals surface area contributed by atoms with Crippen LogP contribution < -0.4 is 10.6 Å². The topological polar surface area (TPSA) is 215 Å². The Morgan fingerprint density at radius 2 is 1.50 bits per heavy atom. The van der Waals surface area contributed by atoms with E-state index in [0.717, 1.165) is 30.3 Å². The summed E-state index contributed by atoms with van der Waals surface area (Å²) in [6.45, 7) is 1.58. The van der Waals surface area contributed by atoms with Crippen molar-refractivity contribution in [2.45, 2.75) is 16.7 Å². The molecule has 3 aromatic carbocycles. The van der Waals surface area contributed by atoms with Gasteiger partial charge >= 0.3 is 0 Å². The number of non-ortho nitro benzene ring substituents is 1. The number of aromatic nitrogens is 1. The Bertz CT molecular complexity index is 1950. The van der Waals surface area contributed by atoms with E-state index in [1.54, 1.807) is 6.92 Å². The van der Waals surface area contributed by atoms with Gasteiger partial charge in [-0.25, -0.2) is 0 Å². The van der Waals surface area contributed by atoms with Gasteiger partial charge in [0.05, 0.1) is 16.3 Å². The fourth-order valence-electron chi connectivity index (χ4n) is 4.09. The Balaban J connectivity index is 1.71. The first kappa shape index (κ1) is 28.4. The van der Waals surface area contributed by atoms with E-state index in [-0.39, 0.29) is 39.1 Å². The van der Waals surface area contributed by atoms with Gasteiger partial charge in [0, 0.05) is 41.2 Å². The fraction of sp³-hybridized carbons (Fsp3) is 0.0833. The second kappa shape index (κ2) is 10.2. The normalized spacial score (nSPS) is 11.8. The third-order valence-electron chi connectivity index (χ3n) is 6.09. The van der Waals surface area contributed by atoms with Crippen LogP contribution in [0, 0.1) is 17.0 Å². The number of nitrogens with one attached hydrogen (secondary N) is 2. The Hall–Kier alpha value is -4.64. The average Bonchev–Trinajstić information content (AvgIpc) is 3.15. The molecule has 4 N–H and O–H groups in total. The lowest BCUT2D eigenvalue weighted by Gasteiger charge is -2.14. The Morgan fingerprint density at radius 3 is 2.12 bits per heavy atom. The zero-order valence-electron chi connectivity index (χ0n) is 20.6. The smallest absolute Gasteiger partial charge is 0.297 e. The molecule has 0 aliphatic heterocycles. The summed E-state index contributed by atoms with van der Waals surface area (Å²) in [6.07, 6.45) is 0. The zero-order chi connectivity index (χ0) is 29.6. The van der Waals surface area contributed by atoms with E-state index in [0.29, 0.717) is 5.69 Å². The third kappa shape index (κ3) is 5.41. The largest absolute Gasteiger partial charge is 0.342 e.